The molecule has 0 fully saturated rings. The van der Waals surface area contributed by atoms with E-state index in [0.717, 1.165) is 50.9 Å². The van der Waals surface area contributed by atoms with Crippen molar-refractivity contribution in [3.8, 4) is 0 Å². The molecule has 1 aromatic carbocycles. The topological polar surface area (TPSA) is 61.4 Å². The van der Waals surface area contributed by atoms with Gasteiger partial charge >= 0.3 is 172 Å². The van der Waals surface area contributed by atoms with Crippen LogP contribution in [0.1, 0.15) is 44.2 Å². The summed E-state index contributed by atoms with van der Waals surface area (Å²) in [5, 5.41) is 5.95. The van der Waals surface area contributed by atoms with Crippen LogP contribution in [0.3, 0.4) is 0 Å². The summed E-state index contributed by atoms with van der Waals surface area (Å²) in [6.45, 7) is 11.7. The molecule has 3 rings (SSSR count). The van der Waals surface area contributed by atoms with Gasteiger partial charge in [-0.3, -0.25) is 0 Å². The number of hydrogen-bond donors (Lipinski definition) is 2. The Labute approximate surface area is 172 Å². The fourth-order valence-corrected chi connectivity index (χ4v) is 5.38. The minimum atomic E-state index is -0.0768. The first-order chi connectivity index (χ1) is 13.4. The Hall–Kier alpha value is -2.14. The van der Waals surface area contributed by atoms with E-state index < -0.39 is 0 Å². The molecule has 1 aliphatic heterocycles. The first-order valence-electron chi connectivity index (χ1n) is 9.68. The van der Waals surface area contributed by atoms with Crippen molar-refractivity contribution in [2.24, 2.45) is 0 Å². The third-order valence-corrected chi connectivity index (χ3v) is 7.13. The third kappa shape index (κ3) is 4.46. The zero-order valence-corrected chi connectivity index (χ0v) is 18.6. The van der Waals surface area contributed by atoms with Gasteiger partial charge < -0.3 is 0 Å². The molecule has 2 N–H and O–H groups in total. The van der Waals surface area contributed by atoms with Gasteiger partial charge in [0.05, 0.1) is 0 Å². The maximum atomic E-state index is 12.6. The van der Waals surface area contributed by atoms with Gasteiger partial charge in [0.25, 0.3) is 0 Å². The van der Waals surface area contributed by atoms with E-state index in [1.807, 2.05) is 44.2 Å². The number of anilines is 1. The molecule has 0 saturated carbocycles. The fourth-order valence-electron chi connectivity index (χ4n) is 3.35. The molecule has 0 bridgehead atoms. The zero-order chi connectivity index (χ0) is 20.3. The second kappa shape index (κ2) is 8.91. The summed E-state index contributed by atoms with van der Waals surface area (Å²) < 4.78 is 2.15. The minimum absolute atomic E-state index is 0.0213. The van der Waals surface area contributed by atoms with Crippen LogP contribution < -0.4 is 10.6 Å². The van der Waals surface area contributed by atoms with Crippen molar-refractivity contribution in [1.82, 2.24) is 10.2 Å². The Bertz CT molecular complexity index is 926. The van der Waals surface area contributed by atoms with Crippen LogP contribution in [0.15, 0.2) is 24.3 Å². The molecular weight excluding hydrogens is 417 g/mol. The number of benzene rings is 1. The second-order valence-corrected chi connectivity index (χ2v) is 9.66. The van der Waals surface area contributed by atoms with Gasteiger partial charge in [-0.15, -0.1) is 0 Å². The molecule has 0 atom stereocenters. The fraction of sp³-hybridized carbons (Fsp3) is 0.364. The molecule has 0 saturated heterocycles. The molecule has 28 heavy (non-hydrogen) atoms. The molecule has 6 heteroatoms. The van der Waals surface area contributed by atoms with Crippen LogP contribution in [0.2, 0.25) is 0 Å². The molecule has 1 aromatic heterocycles. The van der Waals surface area contributed by atoms with E-state index in [4.69, 9.17) is 0 Å². The van der Waals surface area contributed by atoms with Crippen molar-refractivity contribution >= 4 is 43.7 Å². The van der Waals surface area contributed by atoms with Crippen molar-refractivity contribution in [2.75, 3.05) is 31.5 Å². The Kier molecular flexibility index (Phi) is 6.55. The van der Waals surface area contributed by atoms with E-state index in [1.165, 1.54) is 0 Å². The number of carbonyl (C=O) groups is 2. The van der Waals surface area contributed by atoms with Crippen LogP contribution in [0, 0.1) is 13.8 Å². The molecule has 0 radical (unpaired) electrons. The Morgan fingerprint density at radius 2 is 1.96 bits per heavy atom. The van der Waals surface area contributed by atoms with Crippen molar-refractivity contribution in [1.29, 1.82) is 0 Å². The van der Waals surface area contributed by atoms with Crippen molar-refractivity contribution in [3.63, 3.8) is 0 Å². The summed E-state index contributed by atoms with van der Waals surface area (Å²) in [4.78, 5) is 27.3. The van der Waals surface area contributed by atoms with Crippen molar-refractivity contribution in [2.45, 2.75) is 27.7 Å². The number of rotatable bonds is 7. The molecular formula is C22H27N3O2Se. The predicted molar refractivity (Wildman–Crippen MR) is 116 cm³/mol. The SMILES string of the molecule is CCN(CC)CCNC(=O)c1cc(/C=C2\C(=O)Nc3ccc(C)cc32)[se]c1C. The second-order valence-electron chi connectivity index (χ2n) is 6.96. The van der Waals surface area contributed by atoms with Gasteiger partial charge in [0.1, 0.15) is 0 Å². The Balaban J connectivity index is 1.76. The van der Waals surface area contributed by atoms with Crippen LogP contribution in [-0.4, -0.2) is 57.4 Å². The van der Waals surface area contributed by atoms with Gasteiger partial charge in [0, 0.05) is 0 Å². The van der Waals surface area contributed by atoms with Gasteiger partial charge in [-0.1, -0.05) is 0 Å². The molecule has 0 aliphatic carbocycles. The average molecular weight is 444 g/mol. The molecule has 1 aliphatic rings. The molecule has 2 heterocycles. The van der Waals surface area contributed by atoms with E-state index >= 15 is 0 Å². The van der Waals surface area contributed by atoms with E-state index in [1.54, 1.807) is 0 Å². The van der Waals surface area contributed by atoms with Gasteiger partial charge in [0.15, 0.2) is 0 Å². The molecule has 0 spiro atoms. The average Bonchev–Trinajstić information content (AvgIpc) is 3.19. The number of fused-ring (bicyclic) bond motifs is 1. The molecule has 148 valence electrons. The molecule has 2 aromatic rings. The van der Waals surface area contributed by atoms with Crippen LogP contribution in [-0.2, 0) is 4.79 Å². The van der Waals surface area contributed by atoms with Crippen LogP contribution in [0.4, 0.5) is 5.69 Å². The zero-order valence-electron chi connectivity index (χ0n) is 16.9. The number of nitrogens with one attached hydrogen (secondary N) is 2. The summed E-state index contributed by atoms with van der Waals surface area (Å²) in [6.07, 6.45) is 1.94. The number of amides is 2. The first kappa shape index (κ1) is 20.6. The summed E-state index contributed by atoms with van der Waals surface area (Å²) in [7, 11) is 0. The van der Waals surface area contributed by atoms with E-state index in [-0.39, 0.29) is 26.3 Å². The molecule has 0 unspecified atom stereocenters. The molecule has 2 amide bonds. The Morgan fingerprint density at radius 1 is 1.21 bits per heavy atom. The number of likely N-dealkylation sites (N-methyl/N-ethyl adjacent to an activating group) is 1. The predicted octanol–water partition coefficient (Wildman–Crippen LogP) is 2.92. The van der Waals surface area contributed by atoms with Crippen LogP contribution in [0.25, 0.3) is 11.6 Å². The van der Waals surface area contributed by atoms with Crippen molar-refractivity contribution < 1.29 is 9.59 Å². The third-order valence-electron chi connectivity index (χ3n) is 5.03. The monoisotopic (exact) mass is 445 g/mol. The summed E-state index contributed by atoms with van der Waals surface area (Å²) in [5.74, 6) is -0.0980. The van der Waals surface area contributed by atoms with Crippen molar-refractivity contribution in [3.05, 3.63) is 49.8 Å². The normalized spacial score (nSPS) is 14.5. The summed E-state index contributed by atoms with van der Waals surface area (Å²) in [5.41, 5.74) is 4.34. The van der Waals surface area contributed by atoms with Crippen LogP contribution >= 0.6 is 0 Å². The van der Waals surface area contributed by atoms with Gasteiger partial charge in [0.2, 0.25) is 0 Å². The Morgan fingerprint density at radius 3 is 2.68 bits per heavy atom. The maximum absolute atomic E-state index is 12.6. The number of carbonyl (C=O) groups excluding carboxylic acids is 2. The van der Waals surface area contributed by atoms with E-state index in [2.05, 4.69) is 29.4 Å². The van der Waals surface area contributed by atoms with E-state index in [0.29, 0.717) is 12.1 Å². The van der Waals surface area contributed by atoms with Gasteiger partial charge in [-0.25, -0.2) is 0 Å². The standard InChI is InChI=1S/C22H27N3O2Se/c1-5-25(6-2)10-9-23-21(26)17-12-16(28-15(17)4)13-19-18-11-14(3)7-8-20(18)24-22(19)27/h7-8,11-13H,5-6,9-10H2,1-4H3,(H,23,26)(H,24,27)/b19-13-. The van der Waals surface area contributed by atoms with Crippen LogP contribution in [0.5, 0.6) is 0 Å². The number of nitrogens with zero attached hydrogens (tertiary/aromatic N) is 1. The van der Waals surface area contributed by atoms with Gasteiger partial charge in [-0.2, -0.15) is 0 Å². The van der Waals surface area contributed by atoms with E-state index in [9.17, 15) is 9.59 Å². The van der Waals surface area contributed by atoms with Gasteiger partial charge in [-0.05, 0) is 0 Å². The summed E-state index contributed by atoms with van der Waals surface area (Å²) in [6, 6.07) is 7.90. The quantitative estimate of drug-likeness (QED) is 0.510. The number of hydrogen-bond acceptors (Lipinski definition) is 3. The summed E-state index contributed by atoms with van der Waals surface area (Å²) >= 11 is 0.0609. The number of aryl methyl sites for hydroxylation is 2. The first-order valence-corrected chi connectivity index (χ1v) is 11.4. The molecule has 5 nitrogen and oxygen atoms in total.